The molecule has 1 N–H and O–H groups in total. The van der Waals surface area contributed by atoms with Crippen LogP contribution in [0.4, 0.5) is 0 Å². The SMILES string of the molecule is CC(C)(C)NC(=O)[C@@H](c1ccc(Cl)cc1)N(Cc1ccccc1)C(=O)c1csnn1. The van der Waals surface area contributed by atoms with Gasteiger partial charge in [0.15, 0.2) is 5.69 Å². The molecule has 0 aliphatic carbocycles. The number of benzene rings is 2. The lowest BCUT2D eigenvalue weighted by atomic mass is 10.0. The molecule has 2 amide bonds. The first kappa shape index (κ1) is 21.9. The van der Waals surface area contributed by atoms with Crippen LogP contribution in [0.3, 0.4) is 0 Å². The smallest absolute Gasteiger partial charge is 0.276 e. The molecule has 2 aromatic carbocycles. The van der Waals surface area contributed by atoms with Crippen LogP contribution in [-0.4, -0.2) is 31.8 Å². The Morgan fingerprint density at radius 2 is 1.77 bits per heavy atom. The highest BCUT2D eigenvalue weighted by molar-refractivity contribution is 7.03. The quantitative estimate of drug-likeness (QED) is 0.610. The molecule has 0 fully saturated rings. The van der Waals surface area contributed by atoms with E-state index in [0.29, 0.717) is 10.6 Å². The van der Waals surface area contributed by atoms with E-state index in [1.807, 2.05) is 51.1 Å². The van der Waals surface area contributed by atoms with Crippen LogP contribution in [0, 0.1) is 0 Å². The Labute approximate surface area is 185 Å². The number of aromatic nitrogens is 2. The molecule has 0 aliphatic rings. The third-order valence-electron chi connectivity index (χ3n) is 4.28. The van der Waals surface area contributed by atoms with Crippen molar-refractivity contribution in [1.29, 1.82) is 0 Å². The van der Waals surface area contributed by atoms with Crippen LogP contribution in [0.2, 0.25) is 5.02 Å². The summed E-state index contributed by atoms with van der Waals surface area (Å²) in [7, 11) is 0. The van der Waals surface area contributed by atoms with E-state index in [0.717, 1.165) is 17.1 Å². The molecule has 1 aromatic heterocycles. The first-order chi connectivity index (χ1) is 14.2. The summed E-state index contributed by atoms with van der Waals surface area (Å²) in [5.41, 5.74) is 1.30. The van der Waals surface area contributed by atoms with Crippen molar-refractivity contribution in [3.8, 4) is 0 Å². The summed E-state index contributed by atoms with van der Waals surface area (Å²) in [5, 5.41) is 9.07. The summed E-state index contributed by atoms with van der Waals surface area (Å²) in [6.45, 7) is 5.94. The van der Waals surface area contributed by atoms with Crippen molar-refractivity contribution in [2.24, 2.45) is 0 Å². The molecule has 1 heterocycles. The lowest BCUT2D eigenvalue weighted by Gasteiger charge is -2.33. The summed E-state index contributed by atoms with van der Waals surface area (Å²) in [4.78, 5) is 28.3. The van der Waals surface area contributed by atoms with Gasteiger partial charge in [-0.3, -0.25) is 9.59 Å². The number of nitrogens with zero attached hydrogens (tertiary/aromatic N) is 3. The number of hydrogen-bond donors (Lipinski definition) is 1. The van der Waals surface area contributed by atoms with Gasteiger partial charge < -0.3 is 10.2 Å². The zero-order valence-corrected chi connectivity index (χ0v) is 18.6. The average Bonchev–Trinajstić information content (AvgIpc) is 3.22. The van der Waals surface area contributed by atoms with Crippen LogP contribution in [0.25, 0.3) is 0 Å². The molecule has 3 rings (SSSR count). The highest BCUT2D eigenvalue weighted by Crippen LogP contribution is 2.27. The summed E-state index contributed by atoms with van der Waals surface area (Å²) in [5.74, 6) is -0.645. The molecule has 8 heteroatoms. The number of amides is 2. The molecule has 0 aliphatic heterocycles. The number of hydrogen-bond acceptors (Lipinski definition) is 5. The molecule has 1 atom stereocenters. The van der Waals surface area contributed by atoms with Crippen LogP contribution in [-0.2, 0) is 11.3 Å². The van der Waals surface area contributed by atoms with Gasteiger partial charge in [-0.1, -0.05) is 58.6 Å². The van der Waals surface area contributed by atoms with E-state index in [4.69, 9.17) is 11.6 Å². The zero-order chi connectivity index (χ0) is 21.7. The van der Waals surface area contributed by atoms with Crippen molar-refractivity contribution >= 4 is 34.9 Å². The van der Waals surface area contributed by atoms with Gasteiger partial charge in [-0.25, -0.2) is 0 Å². The second-order valence-electron chi connectivity index (χ2n) is 7.90. The fourth-order valence-electron chi connectivity index (χ4n) is 3.02. The Hall–Kier alpha value is -2.77. The van der Waals surface area contributed by atoms with E-state index >= 15 is 0 Å². The van der Waals surface area contributed by atoms with Gasteiger partial charge in [0, 0.05) is 22.5 Å². The monoisotopic (exact) mass is 442 g/mol. The normalized spacial score (nSPS) is 12.3. The van der Waals surface area contributed by atoms with Crippen molar-refractivity contribution in [3.05, 3.63) is 81.8 Å². The topological polar surface area (TPSA) is 75.2 Å². The molecule has 3 aromatic rings. The highest BCUT2D eigenvalue weighted by atomic mass is 35.5. The van der Waals surface area contributed by atoms with Crippen LogP contribution >= 0.6 is 23.1 Å². The minimum absolute atomic E-state index is 0.207. The van der Waals surface area contributed by atoms with E-state index in [-0.39, 0.29) is 24.1 Å². The van der Waals surface area contributed by atoms with Gasteiger partial charge in [0.05, 0.1) is 0 Å². The summed E-state index contributed by atoms with van der Waals surface area (Å²) < 4.78 is 3.81. The predicted octanol–water partition coefficient (Wildman–Crippen LogP) is 4.49. The minimum Gasteiger partial charge on any atom is -0.349 e. The van der Waals surface area contributed by atoms with Crippen LogP contribution in [0.1, 0.15) is 48.4 Å². The van der Waals surface area contributed by atoms with Gasteiger partial charge in [0.25, 0.3) is 5.91 Å². The molecule has 0 bridgehead atoms. The van der Waals surface area contributed by atoms with Gasteiger partial charge in [-0.05, 0) is 55.6 Å². The van der Waals surface area contributed by atoms with Crippen molar-refractivity contribution in [2.45, 2.75) is 38.9 Å². The van der Waals surface area contributed by atoms with E-state index in [2.05, 4.69) is 14.9 Å². The van der Waals surface area contributed by atoms with Crippen molar-refractivity contribution < 1.29 is 9.59 Å². The van der Waals surface area contributed by atoms with Gasteiger partial charge in [-0.2, -0.15) is 0 Å². The third-order valence-corrected chi connectivity index (χ3v) is 5.04. The zero-order valence-electron chi connectivity index (χ0n) is 17.0. The van der Waals surface area contributed by atoms with Crippen molar-refractivity contribution in [2.75, 3.05) is 0 Å². The lowest BCUT2D eigenvalue weighted by Crippen LogP contribution is -2.49. The number of halogens is 1. The molecular weight excluding hydrogens is 420 g/mol. The van der Waals surface area contributed by atoms with Gasteiger partial charge >= 0.3 is 0 Å². The van der Waals surface area contributed by atoms with Gasteiger partial charge in [0.2, 0.25) is 5.91 Å². The number of nitrogens with one attached hydrogen (secondary N) is 1. The largest absolute Gasteiger partial charge is 0.349 e. The van der Waals surface area contributed by atoms with E-state index in [1.54, 1.807) is 29.6 Å². The van der Waals surface area contributed by atoms with Crippen LogP contribution < -0.4 is 5.32 Å². The maximum atomic E-state index is 13.4. The van der Waals surface area contributed by atoms with Crippen LogP contribution in [0.5, 0.6) is 0 Å². The summed E-state index contributed by atoms with van der Waals surface area (Å²) in [6, 6.07) is 15.6. The molecule has 0 radical (unpaired) electrons. The molecule has 0 saturated carbocycles. The number of carbonyl (C=O) groups is 2. The minimum atomic E-state index is -0.865. The molecule has 156 valence electrons. The second-order valence-corrected chi connectivity index (χ2v) is 8.95. The Kier molecular flexibility index (Phi) is 6.84. The first-order valence-corrected chi connectivity index (χ1v) is 10.7. The predicted molar refractivity (Wildman–Crippen MR) is 118 cm³/mol. The van der Waals surface area contributed by atoms with Crippen molar-refractivity contribution in [1.82, 2.24) is 19.8 Å². The average molecular weight is 443 g/mol. The Balaban J connectivity index is 2.07. The molecule has 30 heavy (non-hydrogen) atoms. The van der Waals surface area contributed by atoms with E-state index in [9.17, 15) is 9.59 Å². The summed E-state index contributed by atoms with van der Waals surface area (Å²) in [6.07, 6.45) is 0. The summed E-state index contributed by atoms with van der Waals surface area (Å²) >= 11 is 7.15. The fourth-order valence-corrected chi connectivity index (χ4v) is 3.58. The fraction of sp³-hybridized carbons (Fsp3) is 0.273. The Bertz CT molecular complexity index is 986. The molecule has 0 saturated heterocycles. The third kappa shape index (κ3) is 5.64. The number of carbonyl (C=O) groups excluding carboxylic acids is 2. The maximum Gasteiger partial charge on any atom is 0.276 e. The number of rotatable bonds is 6. The Morgan fingerprint density at radius 1 is 1.10 bits per heavy atom. The molecular formula is C22H23ClN4O2S. The van der Waals surface area contributed by atoms with Crippen molar-refractivity contribution in [3.63, 3.8) is 0 Å². The lowest BCUT2D eigenvalue weighted by molar-refractivity contribution is -0.127. The molecule has 0 spiro atoms. The van der Waals surface area contributed by atoms with E-state index in [1.165, 1.54) is 4.90 Å². The van der Waals surface area contributed by atoms with Crippen LogP contribution in [0.15, 0.2) is 60.0 Å². The highest BCUT2D eigenvalue weighted by Gasteiger charge is 2.34. The van der Waals surface area contributed by atoms with E-state index < -0.39 is 11.6 Å². The van der Waals surface area contributed by atoms with Gasteiger partial charge in [-0.15, -0.1) is 5.10 Å². The standard InChI is InChI=1S/C22H23ClN4O2S/c1-22(2,3)24-20(28)19(16-9-11-17(23)12-10-16)27(13-15-7-5-4-6-8-15)21(29)18-14-30-26-25-18/h4-12,14,19H,13H2,1-3H3,(H,24,28)/t19-/m1/s1. The Morgan fingerprint density at radius 3 is 2.33 bits per heavy atom. The first-order valence-electron chi connectivity index (χ1n) is 9.44. The second kappa shape index (κ2) is 9.36. The van der Waals surface area contributed by atoms with Gasteiger partial charge in [0.1, 0.15) is 6.04 Å². The maximum absolute atomic E-state index is 13.4. The molecule has 6 nitrogen and oxygen atoms in total. The molecule has 0 unspecified atom stereocenters.